The Morgan fingerprint density at radius 1 is 1.13 bits per heavy atom. The maximum Gasteiger partial charge on any atom is 0.315 e. The van der Waals surface area contributed by atoms with E-state index in [1.54, 1.807) is 0 Å². The zero-order chi connectivity index (χ0) is 16.3. The van der Waals surface area contributed by atoms with Crippen molar-refractivity contribution in [3.05, 3.63) is 35.4 Å². The van der Waals surface area contributed by atoms with E-state index in [-0.39, 0.29) is 30.1 Å². The van der Waals surface area contributed by atoms with Gasteiger partial charge in [0.05, 0.1) is 11.5 Å². The number of benzene rings is 1. The average molecular weight is 336 g/mol. The minimum Gasteiger partial charge on any atom is -0.337 e. The summed E-state index contributed by atoms with van der Waals surface area (Å²) in [5.41, 5.74) is 2.56. The number of hydrogen-bond donors (Lipinski definition) is 2. The first-order chi connectivity index (χ1) is 11.0. The van der Waals surface area contributed by atoms with Gasteiger partial charge in [-0.25, -0.2) is 13.2 Å². The number of carbonyl (C=O) groups is 1. The zero-order valence-corrected chi connectivity index (χ0v) is 14.1. The second-order valence-electron chi connectivity index (χ2n) is 6.69. The van der Waals surface area contributed by atoms with Crippen molar-refractivity contribution < 1.29 is 13.2 Å². The van der Waals surface area contributed by atoms with Crippen LogP contribution in [0.5, 0.6) is 0 Å². The van der Waals surface area contributed by atoms with Crippen molar-refractivity contribution in [2.24, 2.45) is 5.92 Å². The van der Waals surface area contributed by atoms with Gasteiger partial charge in [0.1, 0.15) is 0 Å². The molecule has 5 nitrogen and oxygen atoms in total. The van der Waals surface area contributed by atoms with Gasteiger partial charge >= 0.3 is 6.03 Å². The Morgan fingerprint density at radius 3 is 2.35 bits per heavy atom. The molecule has 0 aliphatic heterocycles. The van der Waals surface area contributed by atoms with E-state index in [4.69, 9.17) is 0 Å². The Hall–Kier alpha value is -1.56. The SMILES string of the molecule is O=C(NCCS(=O)(=O)CC1CCC1)NC1Cc2ccccc2C1. The average Bonchev–Trinajstić information content (AvgIpc) is 2.85. The first kappa shape index (κ1) is 16.3. The van der Waals surface area contributed by atoms with E-state index in [2.05, 4.69) is 22.8 Å². The van der Waals surface area contributed by atoms with Crippen LogP contribution in [0, 0.1) is 5.92 Å². The lowest BCUT2D eigenvalue weighted by atomic mass is 9.87. The maximum absolute atomic E-state index is 11.9. The molecule has 1 saturated carbocycles. The number of rotatable bonds is 6. The first-order valence-corrected chi connectivity index (χ1v) is 10.2. The first-order valence-electron chi connectivity index (χ1n) is 8.33. The quantitative estimate of drug-likeness (QED) is 0.830. The Balaban J connectivity index is 1.37. The van der Waals surface area contributed by atoms with Crippen molar-refractivity contribution in [2.75, 3.05) is 18.1 Å². The van der Waals surface area contributed by atoms with Gasteiger partial charge in [-0.1, -0.05) is 30.7 Å². The maximum atomic E-state index is 11.9. The topological polar surface area (TPSA) is 75.3 Å². The molecule has 1 aromatic rings. The molecule has 2 N–H and O–H groups in total. The van der Waals surface area contributed by atoms with Gasteiger partial charge in [0, 0.05) is 12.6 Å². The number of fused-ring (bicyclic) bond motifs is 1. The van der Waals surface area contributed by atoms with Crippen LogP contribution >= 0.6 is 0 Å². The highest BCUT2D eigenvalue weighted by Crippen LogP contribution is 2.27. The molecule has 0 saturated heterocycles. The molecule has 0 spiro atoms. The smallest absolute Gasteiger partial charge is 0.315 e. The molecule has 0 bridgehead atoms. The third-order valence-electron chi connectivity index (χ3n) is 4.80. The van der Waals surface area contributed by atoms with E-state index in [9.17, 15) is 13.2 Å². The molecular formula is C17H24N2O3S. The number of hydrogen-bond acceptors (Lipinski definition) is 3. The number of sulfone groups is 1. The molecule has 2 amide bonds. The normalized spacial score (nSPS) is 18.3. The fraction of sp³-hybridized carbons (Fsp3) is 0.588. The molecule has 0 radical (unpaired) electrons. The number of carbonyl (C=O) groups excluding carboxylic acids is 1. The van der Waals surface area contributed by atoms with E-state index < -0.39 is 9.84 Å². The Morgan fingerprint density at radius 2 is 1.78 bits per heavy atom. The van der Waals surface area contributed by atoms with E-state index >= 15 is 0 Å². The highest BCUT2D eigenvalue weighted by atomic mass is 32.2. The summed E-state index contributed by atoms with van der Waals surface area (Å²) in [7, 11) is -3.05. The van der Waals surface area contributed by atoms with Crippen LogP contribution in [-0.4, -0.2) is 38.5 Å². The summed E-state index contributed by atoms with van der Waals surface area (Å²) in [6.07, 6.45) is 4.86. The Bertz CT molecular complexity index is 643. The third-order valence-corrected chi connectivity index (χ3v) is 6.60. The Labute approximate surface area is 137 Å². The molecule has 3 rings (SSSR count). The van der Waals surface area contributed by atoms with Crippen LogP contribution in [0.3, 0.4) is 0 Å². The fourth-order valence-corrected chi connectivity index (χ4v) is 4.95. The van der Waals surface area contributed by atoms with Gasteiger partial charge in [-0.05, 0) is 42.7 Å². The molecule has 1 fully saturated rings. The van der Waals surface area contributed by atoms with Crippen molar-refractivity contribution in [1.82, 2.24) is 10.6 Å². The highest BCUT2D eigenvalue weighted by Gasteiger charge is 2.25. The molecule has 0 unspecified atom stereocenters. The van der Waals surface area contributed by atoms with Crippen LogP contribution in [0.1, 0.15) is 30.4 Å². The van der Waals surface area contributed by atoms with Gasteiger partial charge in [-0.15, -0.1) is 0 Å². The predicted molar refractivity (Wildman–Crippen MR) is 90.2 cm³/mol. The van der Waals surface area contributed by atoms with Crippen LogP contribution in [0.15, 0.2) is 24.3 Å². The lowest BCUT2D eigenvalue weighted by Gasteiger charge is -2.24. The van der Waals surface area contributed by atoms with Gasteiger partial charge in [-0.3, -0.25) is 0 Å². The molecule has 126 valence electrons. The molecule has 2 aliphatic carbocycles. The van der Waals surface area contributed by atoms with Crippen LogP contribution in [-0.2, 0) is 22.7 Å². The van der Waals surface area contributed by atoms with Gasteiger partial charge < -0.3 is 10.6 Å². The summed E-state index contributed by atoms with van der Waals surface area (Å²) in [5.74, 6) is 0.640. The van der Waals surface area contributed by atoms with Crippen molar-refractivity contribution in [3.8, 4) is 0 Å². The van der Waals surface area contributed by atoms with Crippen molar-refractivity contribution in [3.63, 3.8) is 0 Å². The second-order valence-corrected chi connectivity index (χ2v) is 8.91. The van der Waals surface area contributed by atoms with E-state index in [1.165, 1.54) is 11.1 Å². The van der Waals surface area contributed by atoms with Crippen LogP contribution in [0.25, 0.3) is 0 Å². The van der Waals surface area contributed by atoms with E-state index in [0.717, 1.165) is 32.1 Å². The molecular weight excluding hydrogens is 312 g/mol. The summed E-state index contributed by atoms with van der Waals surface area (Å²) in [6.45, 7) is 0.181. The molecule has 0 atom stereocenters. The van der Waals surface area contributed by atoms with Crippen molar-refractivity contribution in [1.29, 1.82) is 0 Å². The molecule has 2 aliphatic rings. The highest BCUT2D eigenvalue weighted by molar-refractivity contribution is 7.91. The minimum atomic E-state index is -3.05. The van der Waals surface area contributed by atoms with Gasteiger partial charge in [-0.2, -0.15) is 0 Å². The predicted octanol–water partition coefficient (Wildman–Crippen LogP) is 1.67. The third kappa shape index (κ3) is 4.47. The van der Waals surface area contributed by atoms with Crippen LogP contribution < -0.4 is 10.6 Å². The molecule has 1 aromatic carbocycles. The number of amides is 2. The number of nitrogens with one attached hydrogen (secondary N) is 2. The number of urea groups is 1. The summed E-state index contributed by atoms with van der Waals surface area (Å²) >= 11 is 0. The van der Waals surface area contributed by atoms with Gasteiger partial charge in [0.2, 0.25) is 0 Å². The van der Waals surface area contributed by atoms with E-state index in [0.29, 0.717) is 5.92 Å². The van der Waals surface area contributed by atoms with Crippen LogP contribution in [0.4, 0.5) is 4.79 Å². The molecule has 23 heavy (non-hydrogen) atoms. The lowest BCUT2D eigenvalue weighted by molar-refractivity contribution is 0.238. The summed E-state index contributed by atoms with van der Waals surface area (Å²) in [6, 6.07) is 8.01. The van der Waals surface area contributed by atoms with E-state index in [1.807, 2.05) is 12.1 Å². The van der Waals surface area contributed by atoms with Crippen molar-refractivity contribution >= 4 is 15.9 Å². The standard InChI is InChI=1S/C17H24N2O3S/c20-17(18-8-9-23(21,22)12-13-4-3-5-13)19-16-10-14-6-1-2-7-15(14)11-16/h1-2,6-7,13,16H,3-5,8-12H2,(H2,18,19,20). The molecule has 0 heterocycles. The largest absolute Gasteiger partial charge is 0.337 e. The Kier molecular flexibility index (Phi) is 4.90. The summed E-state index contributed by atoms with van der Waals surface area (Å²) < 4.78 is 23.9. The fourth-order valence-electron chi connectivity index (χ4n) is 3.32. The lowest BCUT2D eigenvalue weighted by Crippen LogP contribution is -2.44. The van der Waals surface area contributed by atoms with Crippen molar-refractivity contribution in [2.45, 2.75) is 38.1 Å². The van der Waals surface area contributed by atoms with Gasteiger partial charge in [0.15, 0.2) is 9.84 Å². The van der Waals surface area contributed by atoms with Gasteiger partial charge in [0.25, 0.3) is 0 Å². The molecule has 0 aromatic heterocycles. The second kappa shape index (κ2) is 6.91. The zero-order valence-electron chi connectivity index (χ0n) is 13.3. The monoisotopic (exact) mass is 336 g/mol. The summed E-state index contributed by atoms with van der Waals surface area (Å²) in [5, 5.41) is 5.60. The minimum absolute atomic E-state index is 0.0296. The molecule has 6 heteroatoms. The van der Waals surface area contributed by atoms with Crippen LogP contribution in [0.2, 0.25) is 0 Å². The summed E-state index contributed by atoms with van der Waals surface area (Å²) in [4.78, 5) is 11.9.